The molecule has 4 heteroatoms. The van der Waals surface area contributed by atoms with E-state index >= 15 is 0 Å². The molecule has 1 aliphatic carbocycles. The molecule has 0 fully saturated rings. The molecule has 4 nitrogen and oxygen atoms in total. The predicted octanol–water partition coefficient (Wildman–Crippen LogP) is 1.77. The van der Waals surface area contributed by atoms with Crippen LogP contribution in [0.4, 0.5) is 0 Å². The minimum Gasteiger partial charge on any atom is -0.480 e. The van der Waals surface area contributed by atoms with E-state index in [1.807, 2.05) is 12.1 Å². The molecule has 2 rings (SSSR count). The Morgan fingerprint density at radius 1 is 1.30 bits per heavy atom. The highest BCUT2D eigenvalue weighted by Gasteiger charge is 2.20. The average Bonchev–Trinajstić information content (AvgIpc) is 2.46. The van der Waals surface area contributed by atoms with Crippen molar-refractivity contribution in [1.29, 1.82) is 0 Å². The van der Waals surface area contributed by atoms with Crippen molar-refractivity contribution >= 4 is 11.9 Å². The van der Waals surface area contributed by atoms with Gasteiger partial charge in [-0.1, -0.05) is 6.07 Å². The maximum Gasteiger partial charge on any atom is 0.327 e. The first kappa shape index (κ1) is 14.1. The molecule has 1 unspecified atom stereocenters. The third kappa shape index (κ3) is 3.18. The standard InChI is InChI=1S/C16H17NO3/c1-2-5-14(16(19)20)17-15(18)13-9-8-11-6-3-4-7-12(11)10-13/h1,8-10,14H,3-7H2,(H,17,18)(H,19,20). The second-order valence-electron chi connectivity index (χ2n) is 4.96. The van der Waals surface area contributed by atoms with Crippen molar-refractivity contribution < 1.29 is 14.7 Å². The van der Waals surface area contributed by atoms with Crippen molar-refractivity contribution in [2.75, 3.05) is 0 Å². The monoisotopic (exact) mass is 271 g/mol. The van der Waals surface area contributed by atoms with Crippen molar-refractivity contribution in [1.82, 2.24) is 5.32 Å². The van der Waals surface area contributed by atoms with E-state index in [0.29, 0.717) is 5.56 Å². The van der Waals surface area contributed by atoms with Crippen molar-refractivity contribution in [2.45, 2.75) is 38.1 Å². The van der Waals surface area contributed by atoms with Gasteiger partial charge in [-0.2, -0.15) is 0 Å². The Balaban J connectivity index is 2.13. The Bertz CT molecular complexity index is 572. The smallest absolute Gasteiger partial charge is 0.327 e. The molecule has 0 saturated heterocycles. The summed E-state index contributed by atoms with van der Waals surface area (Å²) in [5.74, 6) is 0.756. The highest BCUT2D eigenvalue weighted by Crippen LogP contribution is 2.22. The summed E-state index contributed by atoms with van der Waals surface area (Å²) in [4.78, 5) is 23.1. The van der Waals surface area contributed by atoms with Gasteiger partial charge < -0.3 is 10.4 Å². The van der Waals surface area contributed by atoms with E-state index < -0.39 is 12.0 Å². The predicted molar refractivity (Wildman–Crippen MR) is 75.4 cm³/mol. The van der Waals surface area contributed by atoms with Gasteiger partial charge in [-0.05, 0) is 48.9 Å². The van der Waals surface area contributed by atoms with Gasteiger partial charge in [0.05, 0.1) is 0 Å². The number of aryl methyl sites for hydroxylation is 2. The Morgan fingerprint density at radius 2 is 2.00 bits per heavy atom. The summed E-state index contributed by atoms with van der Waals surface area (Å²) in [6, 6.07) is 4.52. The number of amides is 1. The van der Waals surface area contributed by atoms with Crippen LogP contribution >= 0.6 is 0 Å². The number of aliphatic carboxylic acids is 1. The molecule has 0 spiro atoms. The normalized spacial score (nSPS) is 14.8. The van der Waals surface area contributed by atoms with E-state index in [9.17, 15) is 9.59 Å². The summed E-state index contributed by atoms with van der Waals surface area (Å²) in [5, 5.41) is 11.4. The van der Waals surface area contributed by atoms with Gasteiger partial charge in [0.2, 0.25) is 0 Å². The first-order valence-corrected chi connectivity index (χ1v) is 6.70. The molecule has 104 valence electrons. The average molecular weight is 271 g/mol. The molecule has 0 bridgehead atoms. The summed E-state index contributed by atoms with van der Waals surface area (Å²) in [5.41, 5.74) is 2.97. The minimum absolute atomic E-state index is 0.0218. The van der Waals surface area contributed by atoms with Crippen molar-refractivity contribution in [3.05, 3.63) is 34.9 Å². The Kier molecular flexibility index (Phi) is 4.41. The fourth-order valence-corrected chi connectivity index (χ4v) is 2.43. The SMILES string of the molecule is C#CCC(NC(=O)c1ccc2c(c1)CCCC2)C(=O)O. The van der Waals surface area contributed by atoms with E-state index in [2.05, 4.69) is 11.2 Å². The Labute approximate surface area is 118 Å². The van der Waals surface area contributed by atoms with Crippen LogP contribution in [0.25, 0.3) is 0 Å². The molecule has 1 aliphatic rings. The zero-order chi connectivity index (χ0) is 14.5. The van der Waals surface area contributed by atoms with Crippen LogP contribution in [0.2, 0.25) is 0 Å². The molecule has 20 heavy (non-hydrogen) atoms. The van der Waals surface area contributed by atoms with Gasteiger partial charge in [-0.15, -0.1) is 12.3 Å². The summed E-state index contributed by atoms with van der Waals surface area (Å²) < 4.78 is 0. The largest absolute Gasteiger partial charge is 0.480 e. The number of nitrogens with one attached hydrogen (secondary N) is 1. The summed E-state index contributed by atoms with van der Waals surface area (Å²) in [7, 11) is 0. The second kappa shape index (κ2) is 6.25. The summed E-state index contributed by atoms with van der Waals surface area (Å²) in [6.45, 7) is 0. The lowest BCUT2D eigenvalue weighted by molar-refractivity contribution is -0.139. The maximum atomic E-state index is 12.1. The number of carbonyl (C=O) groups is 2. The highest BCUT2D eigenvalue weighted by atomic mass is 16.4. The molecule has 1 atom stereocenters. The van der Waals surface area contributed by atoms with Crippen LogP contribution in [0, 0.1) is 12.3 Å². The van der Waals surface area contributed by atoms with Crippen molar-refractivity contribution in [3.63, 3.8) is 0 Å². The molecular formula is C16H17NO3. The van der Waals surface area contributed by atoms with Gasteiger partial charge >= 0.3 is 5.97 Å². The van der Waals surface area contributed by atoms with E-state index in [1.54, 1.807) is 6.07 Å². The number of fused-ring (bicyclic) bond motifs is 1. The molecular weight excluding hydrogens is 254 g/mol. The summed E-state index contributed by atoms with van der Waals surface area (Å²) >= 11 is 0. The molecule has 0 saturated carbocycles. The molecule has 0 aliphatic heterocycles. The number of carboxylic acids is 1. The minimum atomic E-state index is -1.12. The number of carboxylic acid groups (broad SMARTS) is 1. The fourth-order valence-electron chi connectivity index (χ4n) is 2.43. The van der Waals surface area contributed by atoms with Crippen LogP contribution in [0.3, 0.4) is 0 Å². The van der Waals surface area contributed by atoms with E-state index in [4.69, 9.17) is 11.5 Å². The first-order chi connectivity index (χ1) is 9.61. The molecule has 0 heterocycles. The van der Waals surface area contributed by atoms with Crippen LogP contribution in [0.1, 0.15) is 40.7 Å². The van der Waals surface area contributed by atoms with Crippen LogP contribution in [0.15, 0.2) is 18.2 Å². The number of carbonyl (C=O) groups excluding carboxylic acids is 1. The number of benzene rings is 1. The quantitative estimate of drug-likeness (QED) is 0.820. The van der Waals surface area contributed by atoms with Crippen LogP contribution in [-0.4, -0.2) is 23.0 Å². The van der Waals surface area contributed by atoms with Gasteiger partial charge in [0, 0.05) is 12.0 Å². The van der Waals surface area contributed by atoms with Gasteiger partial charge in [0.1, 0.15) is 6.04 Å². The number of hydrogen-bond acceptors (Lipinski definition) is 2. The molecule has 1 aromatic rings. The lowest BCUT2D eigenvalue weighted by Crippen LogP contribution is -2.40. The third-order valence-electron chi connectivity index (χ3n) is 3.54. The topological polar surface area (TPSA) is 66.4 Å². The number of rotatable bonds is 4. The van der Waals surface area contributed by atoms with E-state index in [0.717, 1.165) is 19.3 Å². The van der Waals surface area contributed by atoms with E-state index in [1.165, 1.54) is 17.5 Å². The molecule has 1 amide bonds. The molecule has 1 aromatic carbocycles. The molecule has 2 N–H and O–H groups in total. The summed E-state index contributed by atoms with van der Waals surface area (Å²) in [6.07, 6.45) is 9.42. The zero-order valence-corrected chi connectivity index (χ0v) is 11.2. The zero-order valence-electron chi connectivity index (χ0n) is 11.2. The number of hydrogen-bond donors (Lipinski definition) is 2. The second-order valence-corrected chi connectivity index (χ2v) is 4.96. The van der Waals surface area contributed by atoms with Gasteiger partial charge in [0.25, 0.3) is 5.91 Å². The van der Waals surface area contributed by atoms with Crippen molar-refractivity contribution in [3.8, 4) is 12.3 Å². The highest BCUT2D eigenvalue weighted by molar-refractivity contribution is 5.96. The Morgan fingerprint density at radius 3 is 2.65 bits per heavy atom. The van der Waals surface area contributed by atoms with Crippen molar-refractivity contribution in [2.24, 2.45) is 0 Å². The van der Waals surface area contributed by atoms with Gasteiger partial charge in [-0.25, -0.2) is 4.79 Å². The third-order valence-corrected chi connectivity index (χ3v) is 3.54. The lowest BCUT2D eigenvalue weighted by Gasteiger charge is -2.17. The molecule has 0 aromatic heterocycles. The maximum absolute atomic E-state index is 12.1. The van der Waals surface area contributed by atoms with E-state index in [-0.39, 0.29) is 12.3 Å². The van der Waals surface area contributed by atoms with Crippen LogP contribution in [0.5, 0.6) is 0 Å². The van der Waals surface area contributed by atoms with Gasteiger partial charge in [0.15, 0.2) is 0 Å². The van der Waals surface area contributed by atoms with Gasteiger partial charge in [-0.3, -0.25) is 4.79 Å². The number of terminal acetylenes is 1. The Hall–Kier alpha value is -2.28. The molecule has 0 radical (unpaired) electrons. The van der Waals surface area contributed by atoms with Crippen LogP contribution in [-0.2, 0) is 17.6 Å². The fraction of sp³-hybridized carbons (Fsp3) is 0.375. The van der Waals surface area contributed by atoms with Crippen LogP contribution < -0.4 is 5.32 Å². The lowest BCUT2D eigenvalue weighted by atomic mass is 9.90. The first-order valence-electron chi connectivity index (χ1n) is 6.70.